The fraction of sp³-hybridized carbons (Fsp3) is 1.00. The quantitative estimate of drug-likeness (QED) is 0.463. The number of halogens is 1. The molecule has 0 heterocycles. The molecule has 0 radical (unpaired) electrons. The van der Waals surface area contributed by atoms with Gasteiger partial charge < -0.3 is 0 Å². The van der Waals surface area contributed by atoms with Crippen LogP contribution in [0.1, 0.15) is 27.7 Å². The summed E-state index contributed by atoms with van der Waals surface area (Å²) in [4.78, 5) is 0. The second-order valence-electron chi connectivity index (χ2n) is 2.72. The van der Waals surface area contributed by atoms with Crippen molar-refractivity contribution in [2.45, 2.75) is 31.1 Å². The third kappa shape index (κ3) is 3.32. The molecule has 44 valence electrons. The van der Waals surface area contributed by atoms with Crippen molar-refractivity contribution in [3.8, 4) is 0 Å². The van der Waals surface area contributed by atoms with Gasteiger partial charge in [0.05, 0.1) is 0 Å². The monoisotopic (exact) mass is 212 g/mol. The molecule has 0 aromatic carbocycles. The molecule has 0 aromatic heterocycles. The normalized spacial score (nSPS) is 12.9. The zero-order valence-corrected chi connectivity index (χ0v) is 7.61. The maximum absolute atomic E-state index is 2.47. The van der Waals surface area contributed by atoms with Crippen LogP contribution in [0.2, 0.25) is 0 Å². The third-order valence-electron chi connectivity index (χ3n) is 1.37. The van der Waals surface area contributed by atoms with Crippen molar-refractivity contribution in [3.63, 3.8) is 0 Å². The molecule has 0 spiro atoms. The first-order chi connectivity index (χ1) is 2.94. The highest BCUT2D eigenvalue weighted by Gasteiger charge is 2.16. The van der Waals surface area contributed by atoms with Gasteiger partial charge in [-0.05, 0) is 5.92 Å². The van der Waals surface area contributed by atoms with Gasteiger partial charge in [0.15, 0.2) is 0 Å². The lowest BCUT2D eigenvalue weighted by molar-refractivity contribution is 0.528. The first-order valence-corrected chi connectivity index (χ1v) is 3.71. The van der Waals surface area contributed by atoms with E-state index < -0.39 is 0 Å². The minimum absolute atomic E-state index is 0.470. The first kappa shape index (κ1) is 7.73. The Bertz CT molecular complexity index is 49.7. The zero-order valence-electron chi connectivity index (χ0n) is 5.46. The van der Waals surface area contributed by atoms with Crippen molar-refractivity contribution >= 4 is 22.6 Å². The fourth-order valence-corrected chi connectivity index (χ4v) is 0. The highest BCUT2D eigenvalue weighted by atomic mass is 127. The van der Waals surface area contributed by atoms with Crippen molar-refractivity contribution in [2.24, 2.45) is 5.92 Å². The molecule has 0 N–H and O–H groups in total. The molecular weight excluding hydrogens is 199 g/mol. The summed E-state index contributed by atoms with van der Waals surface area (Å²) in [5, 5.41) is 0. The lowest BCUT2D eigenvalue weighted by atomic mass is 10.0. The largest absolute Gasteiger partial charge is 0.0792 e. The predicted octanol–water partition coefficient (Wildman–Crippen LogP) is 2.86. The maximum Gasteiger partial charge on any atom is 0.0189 e. The second kappa shape index (κ2) is 2.33. The minimum Gasteiger partial charge on any atom is -0.0792 e. The molecule has 0 atom stereocenters. The average Bonchev–Trinajstić information content (AvgIpc) is 1.31. The number of hydrogen-bond donors (Lipinski definition) is 0. The highest BCUT2D eigenvalue weighted by Crippen LogP contribution is 2.25. The van der Waals surface area contributed by atoms with Crippen LogP contribution in [0.5, 0.6) is 0 Å². The van der Waals surface area contributed by atoms with Crippen LogP contribution in [0.3, 0.4) is 0 Å². The van der Waals surface area contributed by atoms with Crippen molar-refractivity contribution < 1.29 is 0 Å². The fourth-order valence-electron chi connectivity index (χ4n) is 0. The SMILES string of the molecule is CC(C)C(C)(C)I. The van der Waals surface area contributed by atoms with Crippen LogP contribution in [0, 0.1) is 5.92 Å². The summed E-state index contributed by atoms with van der Waals surface area (Å²) >= 11 is 2.47. The predicted molar refractivity (Wildman–Crippen MR) is 42.9 cm³/mol. The van der Waals surface area contributed by atoms with Gasteiger partial charge in [-0.3, -0.25) is 0 Å². The van der Waals surface area contributed by atoms with E-state index >= 15 is 0 Å². The Morgan fingerprint density at radius 3 is 1.43 bits per heavy atom. The summed E-state index contributed by atoms with van der Waals surface area (Å²) < 4.78 is 0.470. The lowest BCUT2D eigenvalue weighted by Gasteiger charge is -2.20. The molecule has 0 bridgehead atoms. The molecule has 0 nitrogen and oxygen atoms in total. The molecule has 0 saturated heterocycles. The zero-order chi connectivity index (χ0) is 6.08. The van der Waals surface area contributed by atoms with Gasteiger partial charge in [-0.1, -0.05) is 50.3 Å². The first-order valence-electron chi connectivity index (χ1n) is 2.63. The van der Waals surface area contributed by atoms with Crippen LogP contribution in [0.25, 0.3) is 0 Å². The Balaban J connectivity index is 3.54. The van der Waals surface area contributed by atoms with Crippen molar-refractivity contribution in [3.05, 3.63) is 0 Å². The van der Waals surface area contributed by atoms with E-state index in [0.29, 0.717) is 3.42 Å². The molecule has 0 aliphatic rings. The van der Waals surface area contributed by atoms with E-state index in [1.54, 1.807) is 0 Å². The molecule has 1 heteroatoms. The van der Waals surface area contributed by atoms with Crippen LogP contribution >= 0.6 is 22.6 Å². The van der Waals surface area contributed by atoms with Gasteiger partial charge in [0, 0.05) is 3.42 Å². The van der Waals surface area contributed by atoms with Crippen molar-refractivity contribution in [1.82, 2.24) is 0 Å². The second-order valence-corrected chi connectivity index (χ2v) is 5.50. The van der Waals surface area contributed by atoms with Crippen LogP contribution in [-0.2, 0) is 0 Å². The molecule has 0 aliphatic heterocycles. The summed E-state index contributed by atoms with van der Waals surface area (Å²) in [5.74, 6) is 0.785. The van der Waals surface area contributed by atoms with E-state index in [9.17, 15) is 0 Å². The summed E-state index contributed by atoms with van der Waals surface area (Å²) in [5.41, 5.74) is 0. The molecule has 0 aromatic rings. The highest BCUT2D eigenvalue weighted by molar-refractivity contribution is 14.1. The van der Waals surface area contributed by atoms with Gasteiger partial charge in [-0.25, -0.2) is 0 Å². The maximum atomic E-state index is 2.47. The number of hydrogen-bond acceptors (Lipinski definition) is 0. The molecule has 0 unspecified atom stereocenters. The van der Waals surface area contributed by atoms with Gasteiger partial charge in [0.2, 0.25) is 0 Å². The molecule has 0 aliphatic carbocycles. The standard InChI is InChI=1S/C6H13I/c1-5(2)6(3,4)7/h5H,1-4H3. The molecule has 0 rings (SSSR count). The van der Waals surface area contributed by atoms with Crippen molar-refractivity contribution in [2.75, 3.05) is 0 Å². The van der Waals surface area contributed by atoms with Crippen LogP contribution < -0.4 is 0 Å². The Morgan fingerprint density at radius 2 is 1.43 bits per heavy atom. The number of rotatable bonds is 1. The molecule has 0 saturated carbocycles. The average molecular weight is 212 g/mol. The van der Waals surface area contributed by atoms with Crippen LogP contribution in [-0.4, -0.2) is 3.42 Å². The Kier molecular flexibility index (Phi) is 2.58. The van der Waals surface area contributed by atoms with Gasteiger partial charge in [-0.15, -0.1) is 0 Å². The molecular formula is C6H13I. The van der Waals surface area contributed by atoms with E-state index in [2.05, 4.69) is 50.3 Å². The van der Waals surface area contributed by atoms with E-state index in [4.69, 9.17) is 0 Å². The van der Waals surface area contributed by atoms with Crippen LogP contribution in [0.4, 0.5) is 0 Å². The summed E-state index contributed by atoms with van der Waals surface area (Å²) in [6.45, 7) is 8.98. The topological polar surface area (TPSA) is 0 Å². The summed E-state index contributed by atoms with van der Waals surface area (Å²) in [7, 11) is 0. The van der Waals surface area contributed by atoms with E-state index in [-0.39, 0.29) is 0 Å². The molecule has 7 heavy (non-hydrogen) atoms. The van der Waals surface area contributed by atoms with Gasteiger partial charge in [-0.2, -0.15) is 0 Å². The minimum atomic E-state index is 0.470. The molecule has 0 amide bonds. The smallest absolute Gasteiger partial charge is 0.0189 e. The Morgan fingerprint density at radius 1 is 1.29 bits per heavy atom. The van der Waals surface area contributed by atoms with Gasteiger partial charge in [0.25, 0.3) is 0 Å². The summed E-state index contributed by atoms with van der Waals surface area (Å²) in [6.07, 6.45) is 0. The van der Waals surface area contributed by atoms with Gasteiger partial charge in [0.1, 0.15) is 0 Å². The summed E-state index contributed by atoms with van der Waals surface area (Å²) in [6, 6.07) is 0. The van der Waals surface area contributed by atoms with E-state index in [1.165, 1.54) is 0 Å². The van der Waals surface area contributed by atoms with E-state index in [1.807, 2.05) is 0 Å². The molecule has 0 fully saturated rings. The number of alkyl halides is 1. The van der Waals surface area contributed by atoms with Crippen molar-refractivity contribution in [1.29, 1.82) is 0 Å². The van der Waals surface area contributed by atoms with Crippen LogP contribution in [0.15, 0.2) is 0 Å². The Labute approximate surface area is 59.8 Å². The lowest BCUT2D eigenvalue weighted by Crippen LogP contribution is -2.17. The van der Waals surface area contributed by atoms with E-state index in [0.717, 1.165) is 5.92 Å². The van der Waals surface area contributed by atoms with Gasteiger partial charge >= 0.3 is 0 Å². The third-order valence-corrected chi connectivity index (χ3v) is 2.62. The Hall–Kier alpha value is 0.730.